The summed E-state index contributed by atoms with van der Waals surface area (Å²) < 4.78 is 115. The molecule has 0 aromatic carbocycles. The molecule has 0 saturated heterocycles. The molecule has 2 unspecified atom stereocenters. The van der Waals surface area contributed by atoms with Crippen LogP contribution in [0.3, 0.4) is 0 Å². The smallest absolute Gasteiger partial charge is 0.390 e. The SMILES string of the molecule is C=C(C)C(C)(C)C(C)CC[C@@H](C)[C@H]1CC[C@]2(C)C1[C@H](C)C=C1[C@H]2C[C@H](OS(=O)(=O)O)[C@H]2[C@@H](O)[C@H](OS(=O)(=O)O)[C@@H](OS(=O)(=O)O)C[C@]12C.[Na+]. The maximum Gasteiger partial charge on any atom is 1.00 e. The van der Waals surface area contributed by atoms with E-state index in [0.29, 0.717) is 17.8 Å². The van der Waals surface area contributed by atoms with Crippen molar-refractivity contribution < 1.29 is 86.1 Å². The molecular formula is C32H54NaO13S3+. The van der Waals surface area contributed by atoms with E-state index in [4.69, 9.17) is 8.37 Å². The van der Waals surface area contributed by atoms with Crippen molar-refractivity contribution >= 4 is 31.2 Å². The molecule has 0 bridgehead atoms. The maximum atomic E-state index is 12.2. The maximum absolute atomic E-state index is 12.2. The van der Waals surface area contributed by atoms with Gasteiger partial charge in [0.25, 0.3) is 0 Å². The third kappa shape index (κ3) is 8.89. The van der Waals surface area contributed by atoms with Crippen LogP contribution in [0.4, 0.5) is 0 Å². The number of rotatable bonds is 12. The third-order valence-electron chi connectivity index (χ3n) is 13.2. The zero-order chi connectivity index (χ0) is 36.6. The average molecular weight is 766 g/mol. The van der Waals surface area contributed by atoms with Gasteiger partial charge in [-0.25, -0.2) is 12.5 Å². The Hall–Kier alpha value is 0.0500. The molecule has 278 valence electrons. The van der Waals surface area contributed by atoms with Gasteiger partial charge in [-0.15, -0.1) is 0 Å². The zero-order valence-electron chi connectivity index (χ0n) is 30.1. The molecule has 0 aromatic heterocycles. The summed E-state index contributed by atoms with van der Waals surface area (Å²) >= 11 is 0. The predicted molar refractivity (Wildman–Crippen MR) is 177 cm³/mol. The Balaban J connectivity index is 0.00000650. The number of allylic oxidation sites excluding steroid dienone is 3. The van der Waals surface area contributed by atoms with E-state index >= 15 is 0 Å². The Bertz CT molecular complexity index is 1610. The van der Waals surface area contributed by atoms with E-state index in [1.54, 1.807) is 6.92 Å². The average Bonchev–Trinajstić information content (AvgIpc) is 3.27. The molecule has 0 aliphatic heterocycles. The molecule has 0 heterocycles. The molecule has 13 atom stereocenters. The summed E-state index contributed by atoms with van der Waals surface area (Å²) in [7, 11) is -15.6. The molecule has 49 heavy (non-hydrogen) atoms. The number of fused-ring (bicyclic) bond motifs is 5. The van der Waals surface area contributed by atoms with Crippen molar-refractivity contribution in [3.63, 3.8) is 0 Å². The molecule has 17 heteroatoms. The van der Waals surface area contributed by atoms with E-state index in [0.717, 1.165) is 36.8 Å². The second-order valence-electron chi connectivity index (χ2n) is 16.2. The molecule has 4 N–H and O–H groups in total. The summed E-state index contributed by atoms with van der Waals surface area (Å²) in [5.41, 5.74) is 0.316. The van der Waals surface area contributed by atoms with Gasteiger partial charge in [0.1, 0.15) is 12.2 Å². The van der Waals surface area contributed by atoms with Crippen LogP contribution in [0.15, 0.2) is 23.8 Å². The molecule has 4 aliphatic rings. The van der Waals surface area contributed by atoms with Gasteiger partial charge in [-0.1, -0.05) is 78.7 Å². The van der Waals surface area contributed by atoms with Crippen LogP contribution in [0, 0.1) is 57.7 Å². The Morgan fingerprint density at radius 1 is 0.959 bits per heavy atom. The molecule has 3 fully saturated rings. The molecule has 4 aliphatic carbocycles. The van der Waals surface area contributed by atoms with Crippen LogP contribution >= 0.6 is 0 Å². The number of aliphatic hydroxyl groups excluding tert-OH is 1. The van der Waals surface area contributed by atoms with Gasteiger partial charge >= 0.3 is 60.8 Å². The van der Waals surface area contributed by atoms with Gasteiger partial charge in [0.2, 0.25) is 0 Å². The van der Waals surface area contributed by atoms with Crippen molar-refractivity contribution in [2.45, 2.75) is 118 Å². The molecule has 0 amide bonds. The minimum atomic E-state index is -5.29. The first-order valence-corrected chi connectivity index (χ1v) is 20.7. The summed E-state index contributed by atoms with van der Waals surface area (Å²) in [6.45, 7) is 21.2. The van der Waals surface area contributed by atoms with Crippen LogP contribution in [0.2, 0.25) is 0 Å². The summed E-state index contributed by atoms with van der Waals surface area (Å²) in [4.78, 5) is 0. The molecule has 4 rings (SSSR count). The van der Waals surface area contributed by atoms with Crippen molar-refractivity contribution in [3.8, 4) is 0 Å². The van der Waals surface area contributed by atoms with Crippen molar-refractivity contribution in [2.24, 2.45) is 57.7 Å². The van der Waals surface area contributed by atoms with Gasteiger partial charge in [-0.05, 0) is 90.8 Å². The first-order chi connectivity index (χ1) is 21.6. The minimum Gasteiger partial charge on any atom is -0.390 e. The number of hydrogen-bond acceptors (Lipinski definition) is 10. The Labute approximate surface area is 315 Å². The monoisotopic (exact) mass is 765 g/mol. The van der Waals surface area contributed by atoms with E-state index < -0.39 is 66.9 Å². The molecule has 13 nitrogen and oxygen atoms in total. The molecular weight excluding hydrogens is 712 g/mol. The van der Waals surface area contributed by atoms with Crippen LogP contribution in [0.5, 0.6) is 0 Å². The fourth-order valence-corrected chi connectivity index (χ4v) is 11.8. The Morgan fingerprint density at radius 3 is 2.00 bits per heavy atom. The zero-order valence-corrected chi connectivity index (χ0v) is 34.5. The van der Waals surface area contributed by atoms with Gasteiger partial charge in [-0.2, -0.15) is 25.3 Å². The molecule has 0 spiro atoms. The number of hydrogen-bond donors (Lipinski definition) is 4. The van der Waals surface area contributed by atoms with Gasteiger partial charge in [-0.3, -0.25) is 13.7 Å². The summed E-state index contributed by atoms with van der Waals surface area (Å²) in [6, 6.07) is 0. The molecule has 0 aromatic rings. The first-order valence-electron chi connectivity index (χ1n) is 16.7. The number of aliphatic hydroxyl groups is 1. The van der Waals surface area contributed by atoms with Crippen LogP contribution in [-0.2, 0) is 43.7 Å². The topological polar surface area (TPSA) is 211 Å². The van der Waals surface area contributed by atoms with Gasteiger partial charge in [0, 0.05) is 5.92 Å². The van der Waals surface area contributed by atoms with Gasteiger partial charge in [0.15, 0.2) is 0 Å². The van der Waals surface area contributed by atoms with E-state index in [1.807, 2.05) is 0 Å². The van der Waals surface area contributed by atoms with Gasteiger partial charge in [0.05, 0.1) is 12.2 Å². The third-order valence-corrected chi connectivity index (χ3v) is 14.7. The van der Waals surface area contributed by atoms with Crippen molar-refractivity contribution in [2.75, 3.05) is 0 Å². The fourth-order valence-electron chi connectivity index (χ4n) is 10.3. The Kier molecular flexibility index (Phi) is 13.0. The Morgan fingerprint density at radius 2 is 1.49 bits per heavy atom. The van der Waals surface area contributed by atoms with Crippen molar-refractivity contribution in [1.82, 2.24) is 0 Å². The summed E-state index contributed by atoms with van der Waals surface area (Å²) in [6.07, 6.45) is -1.62. The predicted octanol–water partition coefficient (Wildman–Crippen LogP) is 2.22. The fraction of sp³-hybridized carbons (Fsp3) is 0.875. The second kappa shape index (κ2) is 14.7. The summed E-state index contributed by atoms with van der Waals surface area (Å²) in [5.74, 6) is -0.169. The van der Waals surface area contributed by atoms with Crippen molar-refractivity contribution in [3.05, 3.63) is 23.8 Å². The van der Waals surface area contributed by atoms with Crippen LogP contribution < -0.4 is 29.6 Å². The van der Waals surface area contributed by atoms with Crippen LogP contribution in [0.1, 0.15) is 93.9 Å². The standard InChI is InChI=1S/C32H54O13S3.Na/c1-17(2)30(6,7)20(5)11-10-18(3)21-12-13-31(8)23-15-24(43-46(34,35)36)27-28(33)29(45-48(40,41)42)25(44-47(37,38)39)16-32(27,9)22(23)14-19(4)26(21)31;/h14,18-21,23-29,33H,1,10-13,15-16H2,2-9H3,(H,34,35,36)(H,37,38,39)(H,40,41,42);/q;+1/t18-,19-,20?,21-,23-,24+,25+,26?,27+,28-,29-,31+,32-;/m1./s1. The van der Waals surface area contributed by atoms with Crippen LogP contribution in [0.25, 0.3) is 0 Å². The van der Waals surface area contributed by atoms with E-state index in [-0.39, 0.29) is 71.0 Å². The molecule has 0 radical (unpaired) electrons. The molecule has 3 saturated carbocycles. The van der Waals surface area contributed by atoms with Crippen LogP contribution in [-0.4, -0.2) is 68.4 Å². The van der Waals surface area contributed by atoms with E-state index in [1.165, 1.54) is 0 Å². The second-order valence-corrected chi connectivity index (χ2v) is 19.4. The van der Waals surface area contributed by atoms with E-state index in [9.17, 15) is 44.0 Å². The van der Waals surface area contributed by atoms with E-state index in [2.05, 4.69) is 65.3 Å². The minimum absolute atomic E-state index is 0. The largest absolute Gasteiger partial charge is 1.00 e. The normalized spacial score (nSPS) is 39.4. The first kappa shape index (κ1) is 43.5. The van der Waals surface area contributed by atoms with Gasteiger partial charge < -0.3 is 5.11 Å². The quantitative estimate of drug-likeness (QED) is 0.128. The summed E-state index contributed by atoms with van der Waals surface area (Å²) in [5, 5.41) is 11.6. The van der Waals surface area contributed by atoms with Crippen molar-refractivity contribution in [1.29, 1.82) is 0 Å².